The minimum absolute atomic E-state index is 0.183. The normalized spacial score (nSPS) is 18.4. The van der Waals surface area contributed by atoms with Crippen molar-refractivity contribution in [2.45, 2.75) is 25.2 Å². The van der Waals surface area contributed by atoms with Gasteiger partial charge in [-0.25, -0.2) is 4.39 Å². The van der Waals surface area contributed by atoms with E-state index in [0.717, 1.165) is 19.4 Å². The van der Waals surface area contributed by atoms with Crippen LogP contribution in [0.1, 0.15) is 30.5 Å². The van der Waals surface area contributed by atoms with Gasteiger partial charge in [0.2, 0.25) is 11.8 Å². The number of halogens is 2. The molecular weight excluding hydrogens is 311 g/mol. The Kier molecular flexibility index (Phi) is 4.90. The fourth-order valence-corrected chi connectivity index (χ4v) is 2.53. The molecule has 2 heterocycles. The molecule has 7 heteroatoms. The van der Waals surface area contributed by atoms with Gasteiger partial charge in [0.05, 0.1) is 30.6 Å². The highest BCUT2D eigenvalue weighted by molar-refractivity contribution is 6.32. The molecule has 3 rings (SSSR count). The Morgan fingerprint density at radius 1 is 1.36 bits per heavy atom. The number of aromatic nitrogens is 2. The predicted molar refractivity (Wildman–Crippen MR) is 77.7 cm³/mol. The summed E-state index contributed by atoms with van der Waals surface area (Å²) in [6, 6.07) is 4.01. The average Bonchev–Trinajstić information content (AvgIpc) is 2.99. The molecule has 0 amide bonds. The van der Waals surface area contributed by atoms with E-state index in [9.17, 15) is 4.39 Å². The second-order valence-corrected chi connectivity index (χ2v) is 5.53. The first-order valence-corrected chi connectivity index (χ1v) is 7.58. The van der Waals surface area contributed by atoms with Crippen LogP contribution in [0, 0.1) is 5.82 Å². The minimum atomic E-state index is -0.395. The van der Waals surface area contributed by atoms with Crippen LogP contribution in [0.2, 0.25) is 5.02 Å². The van der Waals surface area contributed by atoms with Gasteiger partial charge in [-0.2, -0.15) is 0 Å². The van der Waals surface area contributed by atoms with Gasteiger partial charge in [0, 0.05) is 6.61 Å². The second kappa shape index (κ2) is 7.07. The van der Waals surface area contributed by atoms with Crippen LogP contribution >= 0.6 is 11.6 Å². The molecule has 0 N–H and O–H groups in total. The van der Waals surface area contributed by atoms with E-state index in [1.54, 1.807) is 0 Å². The average molecular weight is 327 g/mol. The van der Waals surface area contributed by atoms with E-state index in [1.165, 1.54) is 18.2 Å². The van der Waals surface area contributed by atoms with Crippen molar-refractivity contribution in [3.8, 4) is 5.75 Å². The highest BCUT2D eigenvalue weighted by Gasteiger charge is 2.21. The molecule has 1 aliphatic rings. The van der Waals surface area contributed by atoms with Crippen molar-refractivity contribution in [3.05, 3.63) is 40.8 Å². The predicted octanol–water partition coefficient (Wildman–Crippen LogP) is 3.38. The van der Waals surface area contributed by atoms with Crippen LogP contribution in [0.25, 0.3) is 0 Å². The van der Waals surface area contributed by atoms with Crippen molar-refractivity contribution < 1.29 is 18.3 Å². The first-order chi connectivity index (χ1) is 10.7. The Balaban J connectivity index is 1.52. The number of hydrogen-bond acceptors (Lipinski definition) is 5. The quantitative estimate of drug-likeness (QED) is 0.843. The molecule has 1 aliphatic heterocycles. The van der Waals surface area contributed by atoms with Crippen LogP contribution < -0.4 is 4.74 Å². The Morgan fingerprint density at radius 2 is 2.27 bits per heavy atom. The van der Waals surface area contributed by atoms with Gasteiger partial charge in [-0.1, -0.05) is 11.6 Å². The zero-order valence-electron chi connectivity index (χ0n) is 11.9. The van der Waals surface area contributed by atoms with Crippen molar-refractivity contribution in [1.29, 1.82) is 0 Å². The summed E-state index contributed by atoms with van der Waals surface area (Å²) >= 11 is 5.89. The molecule has 0 bridgehead atoms. The lowest BCUT2D eigenvalue weighted by Crippen LogP contribution is -2.15. The van der Waals surface area contributed by atoms with Gasteiger partial charge in [-0.05, 0) is 31.0 Å². The number of ether oxygens (including phenoxy) is 2. The molecule has 1 aromatic heterocycles. The molecule has 118 valence electrons. The summed E-state index contributed by atoms with van der Waals surface area (Å²) in [7, 11) is 0. The molecule has 2 aromatic rings. The third-order valence-electron chi connectivity index (χ3n) is 3.46. The highest BCUT2D eigenvalue weighted by atomic mass is 35.5. The largest absolute Gasteiger partial charge is 0.491 e. The Morgan fingerprint density at radius 3 is 3.05 bits per heavy atom. The molecule has 0 aliphatic carbocycles. The smallest absolute Gasteiger partial charge is 0.221 e. The van der Waals surface area contributed by atoms with E-state index in [2.05, 4.69) is 10.2 Å². The minimum Gasteiger partial charge on any atom is -0.491 e. The molecule has 0 saturated carbocycles. The summed E-state index contributed by atoms with van der Waals surface area (Å²) in [4.78, 5) is 0. The maximum atomic E-state index is 12.9. The number of hydrogen-bond donors (Lipinski definition) is 0. The van der Waals surface area contributed by atoms with Gasteiger partial charge < -0.3 is 13.9 Å². The molecule has 22 heavy (non-hydrogen) atoms. The van der Waals surface area contributed by atoms with E-state index in [0.29, 0.717) is 37.2 Å². The van der Waals surface area contributed by atoms with Gasteiger partial charge in [0.25, 0.3) is 0 Å². The highest BCUT2D eigenvalue weighted by Crippen LogP contribution is 2.26. The molecule has 5 nitrogen and oxygen atoms in total. The van der Waals surface area contributed by atoms with Gasteiger partial charge in [0.1, 0.15) is 11.6 Å². The number of benzene rings is 1. The van der Waals surface area contributed by atoms with E-state index in [1.807, 2.05) is 0 Å². The summed E-state index contributed by atoms with van der Waals surface area (Å²) in [5.74, 6) is 1.35. The summed E-state index contributed by atoms with van der Waals surface area (Å²) in [6.07, 6.45) is 2.48. The molecule has 1 saturated heterocycles. The van der Waals surface area contributed by atoms with Crippen molar-refractivity contribution in [1.82, 2.24) is 10.2 Å². The maximum Gasteiger partial charge on any atom is 0.221 e. The Labute approximate surface area is 132 Å². The van der Waals surface area contributed by atoms with Gasteiger partial charge >= 0.3 is 0 Å². The lowest BCUT2D eigenvalue weighted by molar-refractivity contribution is 0.0721. The molecule has 1 fully saturated rings. The fraction of sp³-hybridized carbons (Fsp3) is 0.467. The Hall–Kier alpha value is -1.66. The van der Waals surface area contributed by atoms with E-state index >= 15 is 0 Å². The van der Waals surface area contributed by atoms with Gasteiger partial charge in [-0.3, -0.25) is 0 Å². The summed E-state index contributed by atoms with van der Waals surface area (Å²) in [6.45, 7) is 1.75. The van der Waals surface area contributed by atoms with E-state index in [4.69, 9.17) is 25.5 Å². The van der Waals surface area contributed by atoms with Crippen LogP contribution in [-0.2, 0) is 11.2 Å². The SMILES string of the molecule is Fc1ccc(OCCc2nnc(C3CCCOC3)o2)c(Cl)c1. The monoisotopic (exact) mass is 326 g/mol. The van der Waals surface area contributed by atoms with Crippen molar-refractivity contribution in [3.63, 3.8) is 0 Å². The van der Waals surface area contributed by atoms with Crippen LogP contribution in [0.15, 0.2) is 22.6 Å². The van der Waals surface area contributed by atoms with Crippen molar-refractivity contribution in [2.24, 2.45) is 0 Å². The van der Waals surface area contributed by atoms with Crippen molar-refractivity contribution in [2.75, 3.05) is 19.8 Å². The van der Waals surface area contributed by atoms with Crippen molar-refractivity contribution >= 4 is 11.6 Å². The van der Waals surface area contributed by atoms with Gasteiger partial charge in [-0.15, -0.1) is 10.2 Å². The molecule has 1 atom stereocenters. The van der Waals surface area contributed by atoms with Crippen LogP contribution in [0.3, 0.4) is 0 Å². The standard InChI is InChI=1S/C15H16ClFN2O3/c16-12-8-11(17)3-4-13(12)21-7-5-14-18-19-15(22-14)10-2-1-6-20-9-10/h3-4,8,10H,1-2,5-7,9H2. The zero-order chi connectivity index (χ0) is 15.4. The molecule has 1 unspecified atom stereocenters. The topological polar surface area (TPSA) is 57.4 Å². The maximum absolute atomic E-state index is 12.9. The van der Waals surface area contributed by atoms with Crippen LogP contribution in [0.4, 0.5) is 4.39 Å². The summed E-state index contributed by atoms with van der Waals surface area (Å²) < 4.78 is 29.5. The third kappa shape index (κ3) is 3.75. The fourth-order valence-electron chi connectivity index (χ4n) is 2.31. The third-order valence-corrected chi connectivity index (χ3v) is 3.75. The van der Waals surface area contributed by atoms with Crippen LogP contribution in [-0.4, -0.2) is 30.0 Å². The lowest BCUT2D eigenvalue weighted by atomic mass is 10.0. The lowest BCUT2D eigenvalue weighted by Gasteiger charge is -2.18. The zero-order valence-corrected chi connectivity index (χ0v) is 12.7. The first kappa shape index (κ1) is 15.2. The summed E-state index contributed by atoms with van der Waals surface area (Å²) in [5, 5.41) is 8.32. The number of rotatable bonds is 5. The molecular formula is C15H16ClFN2O3. The van der Waals surface area contributed by atoms with Gasteiger partial charge in [0.15, 0.2) is 0 Å². The molecule has 0 spiro atoms. The van der Waals surface area contributed by atoms with E-state index in [-0.39, 0.29) is 10.9 Å². The molecule has 1 aromatic carbocycles. The second-order valence-electron chi connectivity index (χ2n) is 5.12. The Bertz CT molecular complexity index is 629. The van der Waals surface area contributed by atoms with E-state index < -0.39 is 5.82 Å². The first-order valence-electron chi connectivity index (χ1n) is 7.20. The number of nitrogens with zero attached hydrogens (tertiary/aromatic N) is 2. The molecule has 0 radical (unpaired) electrons. The van der Waals surface area contributed by atoms with Crippen LogP contribution in [0.5, 0.6) is 5.75 Å². The summed E-state index contributed by atoms with van der Waals surface area (Å²) in [5.41, 5.74) is 0.